The van der Waals surface area contributed by atoms with E-state index in [4.69, 9.17) is 5.73 Å². The Morgan fingerprint density at radius 3 is 2.29 bits per heavy atom. The second-order valence-electron chi connectivity index (χ2n) is 5.23. The van der Waals surface area contributed by atoms with Crippen molar-refractivity contribution >= 4 is 21.5 Å². The zero-order valence-electron chi connectivity index (χ0n) is 12.6. The average Bonchev–Trinajstić information content (AvgIpc) is 2.33. The van der Waals surface area contributed by atoms with Gasteiger partial charge in [-0.2, -0.15) is 0 Å². The SMILES string of the molecule is Cc1cc(C)nc(NS(=O)(=O)c2cc(C)c(C)c(N)c2)c1. The molecule has 21 heavy (non-hydrogen) atoms. The van der Waals surface area contributed by atoms with E-state index >= 15 is 0 Å². The van der Waals surface area contributed by atoms with E-state index < -0.39 is 10.0 Å². The van der Waals surface area contributed by atoms with Crippen molar-refractivity contribution in [1.82, 2.24) is 4.98 Å². The first kappa shape index (κ1) is 15.3. The third-order valence-corrected chi connectivity index (χ3v) is 4.66. The van der Waals surface area contributed by atoms with Crippen molar-refractivity contribution in [3.8, 4) is 0 Å². The topological polar surface area (TPSA) is 85.1 Å². The molecule has 5 nitrogen and oxygen atoms in total. The predicted octanol–water partition coefficient (Wildman–Crippen LogP) is 2.70. The van der Waals surface area contributed by atoms with Gasteiger partial charge in [0.2, 0.25) is 0 Å². The first-order chi connectivity index (χ1) is 9.69. The molecule has 2 aromatic rings. The van der Waals surface area contributed by atoms with Crippen molar-refractivity contribution in [2.45, 2.75) is 32.6 Å². The van der Waals surface area contributed by atoms with Crippen molar-refractivity contribution in [2.24, 2.45) is 0 Å². The molecule has 6 heteroatoms. The van der Waals surface area contributed by atoms with Crippen LogP contribution in [0.15, 0.2) is 29.2 Å². The molecule has 3 N–H and O–H groups in total. The van der Waals surface area contributed by atoms with Gasteiger partial charge in [-0.15, -0.1) is 0 Å². The second-order valence-corrected chi connectivity index (χ2v) is 6.91. The number of nitrogens with one attached hydrogen (secondary N) is 1. The quantitative estimate of drug-likeness (QED) is 0.854. The molecule has 0 spiro atoms. The number of rotatable bonds is 3. The Labute approximate surface area is 125 Å². The van der Waals surface area contributed by atoms with Gasteiger partial charge in [0, 0.05) is 11.4 Å². The Kier molecular flexibility index (Phi) is 3.91. The number of aryl methyl sites for hydroxylation is 3. The maximum absolute atomic E-state index is 12.4. The summed E-state index contributed by atoms with van der Waals surface area (Å²) >= 11 is 0. The Hall–Kier alpha value is -2.08. The van der Waals surface area contributed by atoms with Crippen LogP contribution in [0.1, 0.15) is 22.4 Å². The molecule has 0 fully saturated rings. The van der Waals surface area contributed by atoms with E-state index in [-0.39, 0.29) is 4.90 Å². The van der Waals surface area contributed by atoms with Crippen LogP contribution in [0.5, 0.6) is 0 Å². The Balaban J connectivity index is 2.43. The summed E-state index contributed by atoms with van der Waals surface area (Å²) in [4.78, 5) is 4.33. The lowest BCUT2D eigenvalue weighted by Gasteiger charge is -2.12. The lowest BCUT2D eigenvalue weighted by atomic mass is 10.1. The minimum atomic E-state index is -3.70. The van der Waals surface area contributed by atoms with Crippen LogP contribution < -0.4 is 10.5 Å². The van der Waals surface area contributed by atoms with Gasteiger partial charge in [-0.3, -0.25) is 4.72 Å². The highest BCUT2D eigenvalue weighted by Crippen LogP contribution is 2.23. The highest BCUT2D eigenvalue weighted by Gasteiger charge is 2.17. The summed E-state index contributed by atoms with van der Waals surface area (Å²) in [6, 6.07) is 6.64. The van der Waals surface area contributed by atoms with E-state index in [1.54, 1.807) is 12.1 Å². The van der Waals surface area contributed by atoms with Gasteiger partial charge in [0.05, 0.1) is 4.90 Å². The summed E-state index contributed by atoms with van der Waals surface area (Å²) in [5.41, 5.74) is 9.74. The maximum Gasteiger partial charge on any atom is 0.263 e. The van der Waals surface area contributed by atoms with E-state index in [1.165, 1.54) is 6.07 Å². The third kappa shape index (κ3) is 3.33. The zero-order chi connectivity index (χ0) is 15.8. The first-order valence-corrected chi connectivity index (χ1v) is 8.02. The summed E-state index contributed by atoms with van der Waals surface area (Å²) in [6.07, 6.45) is 0. The summed E-state index contributed by atoms with van der Waals surface area (Å²) in [5, 5.41) is 0. The smallest absolute Gasteiger partial charge is 0.263 e. The van der Waals surface area contributed by atoms with Crippen LogP contribution in [-0.4, -0.2) is 13.4 Å². The summed E-state index contributed by atoms with van der Waals surface area (Å²) in [5.74, 6) is 0.310. The van der Waals surface area contributed by atoms with Crippen molar-refractivity contribution in [3.63, 3.8) is 0 Å². The summed E-state index contributed by atoms with van der Waals surface area (Å²) < 4.78 is 27.4. The van der Waals surface area contributed by atoms with Crippen LogP contribution >= 0.6 is 0 Å². The number of hydrogen-bond donors (Lipinski definition) is 2. The van der Waals surface area contributed by atoms with Gasteiger partial charge in [0.1, 0.15) is 5.82 Å². The van der Waals surface area contributed by atoms with E-state index in [9.17, 15) is 8.42 Å². The number of benzene rings is 1. The molecule has 0 unspecified atom stereocenters. The van der Waals surface area contributed by atoms with Crippen LogP contribution in [0.4, 0.5) is 11.5 Å². The lowest BCUT2D eigenvalue weighted by Crippen LogP contribution is -2.15. The fourth-order valence-corrected chi connectivity index (χ4v) is 3.21. The van der Waals surface area contributed by atoms with Crippen molar-refractivity contribution < 1.29 is 8.42 Å². The summed E-state index contributed by atoms with van der Waals surface area (Å²) in [6.45, 7) is 7.40. The largest absolute Gasteiger partial charge is 0.398 e. The van der Waals surface area contributed by atoms with Crippen LogP contribution in [0.3, 0.4) is 0 Å². The fourth-order valence-electron chi connectivity index (χ4n) is 2.10. The maximum atomic E-state index is 12.4. The molecular formula is C15H19N3O2S. The van der Waals surface area contributed by atoms with Gasteiger partial charge < -0.3 is 5.73 Å². The molecule has 0 bridgehead atoms. The predicted molar refractivity (Wildman–Crippen MR) is 84.8 cm³/mol. The van der Waals surface area contributed by atoms with E-state index in [2.05, 4.69) is 9.71 Å². The molecule has 112 valence electrons. The first-order valence-electron chi connectivity index (χ1n) is 6.54. The highest BCUT2D eigenvalue weighted by molar-refractivity contribution is 7.92. The number of nitrogen functional groups attached to an aromatic ring is 1. The normalized spacial score (nSPS) is 11.4. The van der Waals surface area contributed by atoms with Gasteiger partial charge in [0.15, 0.2) is 0 Å². The number of pyridine rings is 1. The van der Waals surface area contributed by atoms with E-state index in [1.807, 2.05) is 33.8 Å². The molecule has 0 saturated carbocycles. The molecule has 0 aliphatic carbocycles. The molecule has 0 radical (unpaired) electrons. The summed E-state index contributed by atoms with van der Waals surface area (Å²) in [7, 11) is -3.70. The van der Waals surface area contributed by atoms with E-state index in [0.29, 0.717) is 11.5 Å². The van der Waals surface area contributed by atoms with Gasteiger partial charge >= 0.3 is 0 Å². The second kappa shape index (κ2) is 5.37. The van der Waals surface area contributed by atoms with Crippen LogP contribution in [0.25, 0.3) is 0 Å². The van der Waals surface area contributed by atoms with Crippen LogP contribution in [-0.2, 0) is 10.0 Å². The standard InChI is InChI=1S/C15H19N3O2S/c1-9-5-11(3)17-15(6-9)18-21(19,20)13-7-10(2)12(4)14(16)8-13/h5-8H,16H2,1-4H3,(H,17,18). The van der Waals surface area contributed by atoms with Gasteiger partial charge in [-0.05, 0) is 68.7 Å². The Morgan fingerprint density at radius 1 is 1.05 bits per heavy atom. The monoisotopic (exact) mass is 305 g/mol. The molecular weight excluding hydrogens is 286 g/mol. The average molecular weight is 305 g/mol. The number of sulfonamides is 1. The minimum Gasteiger partial charge on any atom is -0.398 e. The number of hydrogen-bond acceptors (Lipinski definition) is 4. The van der Waals surface area contributed by atoms with Gasteiger partial charge in [0.25, 0.3) is 10.0 Å². The van der Waals surface area contributed by atoms with Crippen molar-refractivity contribution in [3.05, 3.63) is 46.6 Å². The molecule has 0 atom stereocenters. The minimum absolute atomic E-state index is 0.143. The molecule has 0 amide bonds. The number of nitrogens with zero attached hydrogens (tertiary/aromatic N) is 1. The Bertz CT molecular complexity index is 755. The molecule has 0 aliphatic heterocycles. The third-order valence-electron chi connectivity index (χ3n) is 3.33. The molecule has 1 aromatic carbocycles. The molecule has 1 heterocycles. The number of nitrogens with two attached hydrogens (primary N) is 1. The number of aromatic nitrogens is 1. The highest BCUT2D eigenvalue weighted by atomic mass is 32.2. The van der Waals surface area contributed by atoms with Gasteiger partial charge in [-0.25, -0.2) is 13.4 Å². The zero-order valence-corrected chi connectivity index (χ0v) is 13.4. The lowest BCUT2D eigenvalue weighted by molar-refractivity contribution is 0.601. The molecule has 2 rings (SSSR count). The number of anilines is 2. The fraction of sp³-hybridized carbons (Fsp3) is 0.267. The Morgan fingerprint density at radius 2 is 1.71 bits per heavy atom. The molecule has 0 saturated heterocycles. The van der Waals surface area contributed by atoms with E-state index in [0.717, 1.165) is 22.4 Å². The van der Waals surface area contributed by atoms with Crippen LogP contribution in [0, 0.1) is 27.7 Å². The molecule has 1 aromatic heterocycles. The van der Waals surface area contributed by atoms with Gasteiger partial charge in [-0.1, -0.05) is 0 Å². The van der Waals surface area contributed by atoms with Crippen LogP contribution in [0.2, 0.25) is 0 Å². The van der Waals surface area contributed by atoms with Crippen molar-refractivity contribution in [2.75, 3.05) is 10.5 Å². The molecule has 0 aliphatic rings. The van der Waals surface area contributed by atoms with Crippen molar-refractivity contribution in [1.29, 1.82) is 0 Å².